The summed E-state index contributed by atoms with van der Waals surface area (Å²) in [6.07, 6.45) is 2.50. The number of aryl methyl sites for hydroxylation is 2. The lowest BCUT2D eigenvalue weighted by molar-refractivity contribution is 0.622. The van der Waals surface area contributed by atoms with Crippen LogP contribution in [0.3, 0.4) is 0 Å². The predicted molar refractivity (Wildman–Crippen MR) is 128 cm³/mol. The molecule has 1 atom stereocenters. The number of aromatic nitrogens is 2. The van der Waals surface area contributed by atoms with Gasteiger partial charge < -0.3 is 0 Å². The summed E-state index contributed by atoms with van der Waals surface area (Å²) in [6.45, 7) is 4.14. The Hall–Kier alpha value is -3.03. The summed E-state index contributed by atoms with van der Waals surface area (Å²) in [5.74, 6) is 3.72. The van der Waals surface area contributed by atoms with E-state index < -0.39 is 15.5 Å². The number of anilines is 1. The van der Waals surface area contributed by atoms with Gasteiger partial charge in [0.05, 0.1) is 30.2 Å². The normalized spacial score (nSPS) is 13.0. The molecule has 1 N–H and O–H groups in total. The molecule has 0 bridgehead atoms. The number of benzene rings is 2. The summed E-state index contributed by atoms with van der Waals surface area (Å²) in [7, 11) is -2.97. The number of halogens is 1. The van der Waals surface area contributed by atoms with E-state index in [0.717, 1.165) is 33.1 Å². The second-order valence-corrected chi connectivity index (χ2v) is 10.3. The van der Waals surface area contributed by atoms with Gasteiger partial charge in [-0.2, -0.15) is 0 Å². The van der Waals surface area contributed by atoms with E-state index in [1.165, 1.54) is 23.8 Å². The van der Waals surface area contributed by atoms with Gasteiger partial charge in [-0.3, -0.25) is 4.72 Å². The van der Waals surface area contributed by atoms with Crippen LogP contribution in [0, 0.1) is 12.7 Å². The maximum Gasteiger partial charge on any atom is 0.138 e. The van der Waals surface area contributed by atoms with Gasteiger partial charge in [-0.25, -0.2) is 18.6 Å². The van der Waals surface area contributed by atoms with Gasteiger partial charge in [0.1, 0.15) is 11.6 Å². The molecule has 0 radical (unpaired) electrons. The zero-order chi connectivity index (χ0) is 22.0. The Morgan fingerprint density at radius 1 is 1.10 bits per heavy atom. The molecule has 2 heterocycles. The van der Waals surface area contributed by atoms with E-state index in [-0.39, 0.29) is 4.90 Å². The topological polar surface area (TPSA) is 54.9 Å². The van der Waals surface area contributed by atoms with Crippen LogP contribution in [0.4, 0.5) is 10.2 Å². The second-order valence-electron chi connectivity index (χ2n) is 7.17. The molecule has 0 aliphatic heterocycles. The highest BCUT2D eigenvalue weighted by molar-refractivity contribution is 8.01. The fraction of sp³-hybridized carbons (Fsp3) is 0.125. The summed E-state index contributed by atoms with van der Waals surface area (Å²) in [6, 6.07) is 17.6. The Morgan fingerprint density at radius 2 is 1.90 bits per heavy atom. The molecule has 1 unspecified atom stereocenters. The van der Waals surface area contributed by atoms with Crippen LogP contribution in [0.2, 0.25) is 0 Å². The second kappa shape index (κ2) is 8.61. The molecule has 4 rings (SSSR count). The maximum absolute atomic E-state index is 13.6. The molecule has 4 aromatic rings. The molecule has 2 aromatic heterocycles. The summed E-state index contributed by atoms with van der Waals surface area (Å²) in [5, 5.41) is 1.04. The molecule has 4 nitrogen and oxygen atoms in total. The van der Waals surface area contributed by atoms with Crippen molar-refractivity contribution in [3.05, 3.63) is 83.2 Å². The first kappa shape index (κ1) is 21.2. The predicted octanol–water partition coefficient (Wildman–Crippen LogP) is 5.98. The molecular formula is C24H22FN3OS2. The Kier molecular flexibility index (Phi) is 5.89. The van der Waals surface area contributed by atoms with Crippen molar-refractivity contribution in [2.75, 3.05) is 4.72 Å². The molecule has 0 spiro atoms. The zero-order valence-corrected chi connectivity index (χ0v) is 18.9. The minimum absolute atomic E-state index is 0.284. The van der Waals surface area contributed by atoms with Crippen LogP contribution in [0.5, 0.6) is 0 Å². The Bertz CT molecular complexity index is 1350. The van der Waals surface area contributed by atoms with Gasteiger partial charge in [0.15, 0.2) is 0 Å². The average Bonchev–Trinajstić information content (AvgIpc) is 3.18. The van der Waals surface area contributed by atoms with Crippen molar-refractivity contribution in [2.24, 2.45) is 0 Å². The third-order valence-electron chi connectivity index (χ3n) is 4.73. The number of thiazole rings is 1. The first-order chi connectivity index (χ1) is 14.9. The molecule has 158 valence electrons. The lowest BCUT2D eigenvalue weighted by Crippen LogP contribution is -2.13. The number of nitrogens with zero attached hydrogens (tertiary/aromatic N) is 2. The van der Waals surface area contributed by atoms with Crippen molar-refractivity contribution in [3.8, 4) is 21.7 Å². The standard InChI is InChI=1S/C24H22FN3OS2/c1-4-22-27-23(17-8-5-7-16(2)13-17)24(30-22)18-11-12-26-21(14-18)28-31(3,29)20-10-6-9-19(25)15-20/h5-15H,3-4H2,1-2H3,(H,26,28,29). The van der Waals surface area contributed by atoms with Crippen molar-refractivity contribution < 1.29 is 8.60 Å². The lowest BCUT2D eigenvalue weighted by atomic mass is 10.1. The number of hydrogen-bond donors (Lipinski definition) is 1. The summed E-state index contributed by atoms with van der Waals surface area (Å²) >= 11 is 1.64. The van der Waals surface area contributed by atoms with Crippen LogP contribution in [0.25, 0.3) is 21.7 Å². The van der Waals surface area contributed by atoms with E-state index in [1.54, 1.807) is 23.6 Å². The van der Waals surface area contributed by atoms with E-state index >= 15 is 0 Å². The lowest BCUT2D eigenvalue weighted by Gasteiger charge is -2.13. The molecule has 2 aromatic carbocycles. The van der Waals surface area contributed by atoms with Gasteiger partial charge in [0, 0.05) is 11.8 Å². The molecule has 0 saturated heterocycles. The van der Waals surface area contributed by atoms with E-state index in [2.05, 4.69) is 47.6 Å². The van der Waals surface area contributed by atoms with Crippen molar-refractivity contribution in [2.45, 2.75) is 25.2 Å². The highest BCUT2D eigenvalue weighted by Gasteiger charge is 2.16. The Morgan fingerprint density at radius 3 is 2.65 bits per heavy atom. The number of rotatable bonds is 6. The van der Waals surface area contributed by atoms with Crippen molar-refractivity contribution >= 4 is 32.7 Å². The maximum atomic E-state index is 13.6. The van der Waals surface area contributed by atoms with Gasteiger partial charge in [-0.05, 0) is 61.2 Å². The first-order valence-corrected chi connectivity index (χ1v) is 12.3. The minimum Gasteiger partial charge on any atom is -0.294 e. The van der Waals surface area contributed by atoms with Crippen LogP contribution < -0.4 is 4.72 Å². The first-order valence-electron chi connectivity index (χ1n) is 9.79. The smallest absolute Gasteiger partial charge is 0.138 e. The van der Waals surface area contributed by atoms with Crippen LogP contribution in [0.1, 0.15) is 17.5 Å². The van der Waals surface area contributed by atoms with Crippen LogP contribution in [-0.2, 0) is 16.1 Å². The largest absolute Gasteiger partial charge is 0.294 e. The average molecular weight is 452 g/mol. The molecule has 0 amide bonds. The van der Waals surface area contributed by atoms with Crippen molar-refractivity contribution in [3.63, 3.8) is 0 Å². The van der Waals surface area contributed by atoms with Gasteiger partial charge >= 0.3 is 0 Å². The van der Waals surface area contributed by atoms with E-state index in [4.69, 9.17) is 4.98 Å². The number of pyridine rings is 1. The fourth-order valence-electron chi connectivity index (χ4n) is 3.23. The fourth-order valence-corrected chi connectivity index (χ4v) is 5.42. The third-order valence-corrected chi connectivity index (χ3v) is 7.54. The summed E-state index contributed by atoms with van der Waals surface area (Å²) in [5.41, 5.74) is 4.06. The van der Waals surface area contributed by atoms with Crippen LogP contribution >= 0.6 is 11.3 Å². The molecule has 0 aliphatic carbocycles. The van der Waals surface area contributed by atoms with Crippen molar-refractivity contribution in [1.29, 1.82) is 0 Å². The molecule has 0 saturated carbocycles. The van der Waals surface area contributed by atoms with Gasteiger partial charge in [-0.15, -0.1) is 11.3 Å². The summed E-state index contributed by atoms with van der Waals surface area (Å²) in [4.78, 5) is 10.5. The zero-order valence-electron chi connectivity index (χ0n) is 17.3. The number of hydrogen-bond acceptors (Lipinski definition) is 4. The van der Waals surface area contributed by atoms with Crippen LogP contribution in [0.15, 0.2) is 71.8 Å². The Labute approximate surface area is 186 Å². The number of nitrogens with one attached hydrogen (secondary N) is 1. The van der Waals surface area contributed by atoms with E-state index in [1.807, 2.05) is 18.2 Å². The Balaban J connectivity index is 1.73. The van der Waals surface area contributed by atoms with E-state index in [9.17, 15) is 8.60 Å². The van der Waals surface area contributed by atoms with Crippen molar-refractivity contribution in [1.82, 2.24) is 9.97 Å². The third kappa shape index (κ3) is 4.68. The SMILES string of the molecule is C=S(=O)(Nc1cc(-c2sc(CC)nc2-c2cccc(C)c2)ccn1)c1cccc(F)c1. The van der Waals surface area contributed by atoms with Crippen LogP contribution in [-0.4, -0.2) is 20.0 Å². The highest BCUT2D eigenvalue weighted by Crippen LogP contribution is 2.38. The van der Waals surface area contributed by atoms with Gasteiger partial charge in [0.2, 0.25) is 0 Å². The van der Waals surface area contributed by atoms with Gasteiger partial charge in [0.25, 0.3) is 0 Å². The minimum atomic E-state index is -2.97. The van der Waals surface area contributed by atoms with E-state index in [0.29, 0.717) is 5.82 Å². The molecule has 0 aliphatic rings. The molecule has 0 fully saturated rings. The highest BCUT2D eigenvalue weighted by atomic mass is 32.2. The molecule has 31 heavy (non-hydrogen) atoms. The monoisotopic (exact) mass is 451 g/mol. The quantitative estimate of drug-likeness (QED) is 0.367. The van der Waals surface area contributed by atoms with Gasteiger partial charge in [-0.1, -0.05) is 36.8 Å². The molecule has 7 heteroatoms. The molecular weight excluding hydrogens is 429 g/mol. The summed E-state index contributed by atoms with van der Waals surface area (Å²) < 4.78 is 29.6.